The van der Waals surface area contributed by atoms with Crippen molar-refractivity contribution >= 4 is 33.1 Å². The zero-order valence-corrected chi connectivity index (χ0v) is 14.6. The number of aromatic nitrogens is 2. The molecule has 0 spiro atoms. The SMILES string of the molecule is CN(C)Cc1cn(C(=O)OC(C)(C)C)c2nc(Br)ccc12. The third-order valence-electron chi connectivity index (χ3n) is 2.78. The van der Waals surface area contributed by atoms with Crippen LogP contribution < -0.4 is 0 Å². The van der Waals surface area contributed by atoms with Crippen LogP contribution in [0.15, 0.2) is 22.9 Å². The van der Waals surface area contributed by atoms with Gasteiger partial charge in [-0.1, -0.05) is 0 Å². The number of hydrogen-bond acceptors (Lipinski definition) is 4. The second-order valence-corrected chi connectivity index (χ2v) is 7.06. The second-order valence-electron chi connectivity index (χ2n) is 6.25. The predicted molar refractivity (Wildman–Crippen MR) is 86.5 cm³/mol. The highest BCUT2D eigenvalue weighted by atomic mass is 79.9. The van der Waals surface area contributed by atoms with Crippen LogP contribution >= 0.6 is 15.9 Å². The largest absolute Gasteiger partial charge is 0.443 e. The number of rotatable bonds is 2. The fourth-order valence-corrected chi connectivity index (χ4v) is 2.36. The van der Waals surface area contributed by atoms with Gasteiger partial charge in [0.25, 0.3) is 0 Å². The number of carbonyl (C=O) groups is 1. The molecule has 0 unspecified atom stereocenters. The highest BCUT2D eigenvalue weighted by Gasteiger charge is 2.21. The summed E-state index contributed by atoms with van der Waals surface area (Å²) in [6.07, 6.45) is 1.39. The van der Waals surface area contributed by atoms with Gasteiger partial charge in [0.05, 0.1) is 0 Å². The van der Waals surface area contributed by atoms with Crippen molar-refractivity contribution in [2.75, 3.05) is 14.1 Å². The lowest BCUT2D eigenvalue weighted by atomic mass is 10.2. The van der Waals surface area contributed by atoms with E-state index in [-0.39, 0.29) is 0 Å². The molecule has 0 saturated heterocycles. The zero-order valence-electron chi connectivity index (χ0n) is 13.0. The zero-order chi connectivity index (χ0) is 15.8. The molecule has 0 saturated carbocycles. The average Bonchev–Trinajstić information content (AvgIpc) is 2.64. The topological polar surface area (TPSA) is 47.4 Å². The molecule has 2 rings (SSSR count). The summed E-state index contributed by atoms with van der Waals surface area (Å²) in [4.78, 5) is 18.8. The Morgan fingerprint density at radius 1 is 1.38 bits per heavy atom. The third kappa shape index (κ3) is 3.83. The summed E-state index contributed by atoms with van der Waals surface area (Å²) in [5.74, 6) is 0. The molecule has 2 aromatic rings. The molecule has 5 nitrogen and oxygen atoms in total. The summed E-state index contributed by atoms with van der Waals surface area (Å²) in [7, 11) is 3.98. The normalized spacial score (nSPS) is 12.1. The smallest absolute Gasteiger partial charge is 0.420 e. The molecule has 6 heteroatoms. The van der Waals surface area contributed by atoms with Crippen LogP contribution in [-0.4, -0.2) is 40.2 Å². The van der Waals surface area contributed by atoms with Gasteiger partial charge in [0.15, 0.2) is 5.65 Å². The van der Waals surface area contributed by atoms with Gasteiger partial charge in [0.1, 0.15) is 10.2 Å². The van der Waals surface area contributed by atoms with Gasteiger partial charge in [-0.3, -0.25) is 0 Å². The number of nitrogens with zero attached hydrogens (tertiary/aromatic N) is 3. The summed E-state index contributed by atoms with van der Waals surface area (Å²) in [5, 5.41) is 0.956. The molecule has 2 heterocycles. The Hall–Kier alpha value is -1.40. The Morgan fingerprint density at radius 2 is 2.05 bits per heavy atom. The molecule has 0 aliphatic rings. The minimum Gasteiger partial charge on any atom is -0.443 e. The molecule has 0 amide bonds. The molecular weight excluding hydrogens is 334 g/mol. The van der Waals surface area contributed by atoms with Crippen LogP contribution in [0.3, 0.4) is 0 Å². The van der Waals surface area contributed by atoms with Gasteiger partial charge in [0, 0.05) is 18.1 Å². The summed E-state index contributed by atoms with van der Waals surface area (Å²) in [6.45, 7) is 6.28. The van der Waals surface area contributed by atoms with Crippen molar-refractivity contribution in [2.24, 2.45) is 0 Å². The maximum atomic E-state index is 12.4. The van der Waals surface area contributed by atoms with Crippen LogP contribution in [0.25, 0.3) is 11.0 Å². The molecule has 0 bridgehead atoms. The highest BCUT2D eigenvalue weighted by Crippen LogP contribution is 2.24. The summed E-state index contributed by atoms with van der Waals surface area (Å²) in [6, 6.07) is 3.84. The van der Waals surface area contributed by atoms with E-state index >= 15 is 0 Å². The first-order chi connectivity index (χ1) is 9.67. The van der Waals surface area contributed by atoms with E-state index in [1.807, 2.05) is 47.0 Å². The quantitative estimate of drug-likeness (QED) is 0.773. The van der Waals surface area contributed by atoms with Crippen LogP contribution in [0, 0.1) is 0 Å². The maximum absolute atomic E-state index is 12.4. The van der Waals surface area contributed by atoms with Gasteiger partial charge in [-0.05, 0) is 68.5 Å². The molecule has 0 atom stereocenters. The molecular formula is C15H20BrN3O2. The Labute approximate surface area is 133 Å². The van der Waals surface area contributed by atoms with E-state index in [0.717, 1.165) is 17.5 Å². The monoisotopic (exact) mass is 353 g/mol. The molecule has 0 aromatic carbocycles. The van der Waals surface area contributed by atoms with Crippen LogP contribution in [0.4, 0.5) is 4.79 Å². The van der Waals surface area contributed by atoms with Gasteiger partial charge in [-0.25, -0.2) is 14.3 Å². The molecule has 2 aromatic heterocycles. The van der Waals surface area contributed by atoms with Gasteiger partial charge < -0.3 is 9.64 Å². The fraction of sp³-hybridized carbons (Fsp3) is 0.467. The van der Waals surface area contributed by atoms with Gasteiger partial charge in [-0.15, -0.1) is 0 Å². The lowest BCUT2D eigenvalue weighted by molar-refractivity contribution is 0.0543. The molecule has 114 valence electrons. The van der Waals surface area contributed by atoms with E-state index < -0.39 is 11.7 Å². The lowest BCUT2D eigenvalue weighted by Gasteiger charge is -2.19. The number of hydrogen-bond donors (Lipinski definition) is 0. The van der Waals surface area contributed by atoms with Crippen molar-refractivity contribution in [3.05, 3.63) is 28.5 Å². The third-order valence-corrected chi connectivity index (χ3v) is 3.22. The Morgan fingerprint density at radius 3 is 2.62 bits per heavy atom. The van der Waals surface area contributed by atoms with Crippen LogP contribution in [-0.2, 0) is 11.3 Å². The van der Waals surface area contributed by atoms with Crippen LogP contribution in [0.1, 0.15) is 26.3 Å². The van der Waals surface area contributed by atoms with Crippen molar-refractivity contribution < 1.29 is 9.53 Å². The van der Waals surface area contributed by atoms with Crippen molar-refractivity contribution in [2.45, 2.75) is 32.9 Å². The Bertz CT molecular complexity index is 671. The van der Waals surface area contributed by atoms with Crippen molar-refractivity contribution in [1.29, 1.82) is 0 Å². The number of ether oxygens (including phenoxy) is 1. The molecule has 0 fully saturated rings. The summed E-state index contributed by atoms with van der Waals surface area (Å²) in [5.41, 5.74) is 1.11. The molecule has 0 aliphatic heterocycles. The highest BCUT2D eigenvalue weighted by molar-refractivity contribution is 9.10. The number of pyridine rings is 1. The second kappa shape index (κ2) is 5.77. The summed E-state index contributed by atoms with van der Waals surface area (Å²) < 4.78 is 7.61. The first-order valence-corrected chi connectivity index (χ1v) is 7.51. The maximum Gasteiger partial charge on any atom is 0.420 e. The molecule has 0 aliphatic carbocycles. The molecule has 21 heavy (non-hydrogen) atoms. The van der Waals surface area contributed by atoms with E-state index in [0.29, 0.717) is 10.3 Å². The van der Waals surface area contributed by atoms with E-state index in [1.165, 1.54) is 4.57 Å². The Kier molecular flexibility index (Phi) is 4.39. The van der Waals surface area contributed by atoms with Crippen LogP contribution in [0.5, 0.6) is 0 Å². The van der Waals surface area contributed by atoms with Gasteiger partial charge in [0.2, 0.25) is 0 Å². The molecule has 0 radical (unpaired) electrons. The van der Waals surface area contributed by atoms with E-state index in [9.17, 15) is 4.79 Å². The van der Waals surface area contributed by atoms with Crippen LogP contribution in [0.2, 0.25) is 0 Å². The standard InChI is InChI=1S/C15H20BrN3O2/c1-15(2,3)21-14(20)19-9-10(8-18(4)5)11-6-7-12(16)17-13(11)19/h6-7,9H,8H2,1-5H3. The minimum absolute atomic E-state index is 0.414. The van der Waals surface area contributed by atoms with Gasteiger partial charge >= 0.3 is 6.09 Å². The van der Waals surface area contributed by atoms with Crippen molar-refractivity contribution in [1.82, 2.24) is 14.5 Å². The minimum atomic E-state index is -0.540. The summed E-state index contributed by atoms with van der Waals surface area (Å²) >= 11 is 3.35. The van der Waals surface area contributed by atoms with Gasteiger partial charge in [-0.2, -0.15) is 0 Å². The lowest BCUT2D eigenvalue weighted by Crippen LogP contribution is -2.27. The van der Waals surface area contributed by atoms with E-state index in [2.05, 4.69) is 25.8 Å². The first kappa shape index (κ1) is 16.0. The average molecular weight is 354 g/mol. The Balaban J connectivity index is 2.52. The predicted octanol–water partition coefficient (Wildman–Crippen LogP) is 3.64. The van der Waals surface area contributed by atoms with Crippen molar-refractivity contribution in [3.63, 3.8) is 0 Å². The number of carbonyl (C=O) groups excluding carboxylic acids is 1. The number of fused-ring (bicyclic) bond motifs is 1. The fourth-order valence-electron chi connectivity index (χ4n) is 2.06. The van der Waals surface area contributed by atoms with E-state index in [4.69, 9.17) is 4.74 Å². The van der Waals surface area contributed by atoms with E-state index in [1.54, 1.807) is 6.20 Å². The first-order valence-electron chi connectivity index (χ1n) is 6.72. The number of halogens is 1. The molecule has 0 N–H and O–H groups in total. The van der Waals surface area contributed by atoms with Crippen molar-refractivity contribution in [3.8, 4) is 0 Å².